The molecule has 2 aliphatic heterocycles. The smallest absolute Gasteiger partial charge is 0.250 e. The first kappa shape index (κ1) is 30.4. The number of hydrogen-bond donors (Lipinski definition) is 1. The van der Waals surface area contributed by atoms with Crippen LogP contribution >= 0.6 is 0 Å². The summed E-state index contributed by atoms with van der Waals surface area (Å²) >= 11 is 0. The number of likely N-dealkylation sites (tertiary alicyclic amines) is 1. The van der Waals surface area contributed by atoms with Gasteiger partial charge < -0.3 is 15.1 Å². The molecule has 2 heterocycles. The summed E-state index contributed by atoms with van der Waals surface area (Å²) in [6, 6.07) is 7.31. The number of carbonyl (C=O) groups is 3. The third kappa shape index (κ3) is 9.50. The molecule has 0 bridgehead atoms. The van der Waals surface area contributed by atoms with Crippen molar-refractivity contribution in [3.05, 3.63) is 42.0 Å². The van der Waals surface area contributed by atoms with Crippen LogP contribution in [0, 0.1) is 5.92 Å². The maximum absolute atomic E-state index is 12.9. The molecule has 1 aromatic carbocycles. The summed E-state index contributed by atoms with van der Waals surface area (Å²) < 4.78 is 0. The topological polar surface area (TPSA) is 69.7 Å². The first-order valence-corrected chi connectivity index (χ1v) is 13.4. The van der Waals surface area contributed by atoms with Gasteiger partial charge in [-0.2, -0.15) is 0 Å². The van der Waals surface area contributed by atoms with Gasteiger partial charge in [-0.15, -0.1) is 0 Å². The van der Waals surface area contributed by atoms with Gasteiger partial charge in [0, 0.05) is 39.2 Å². The van der Waals surface area contributed by atoms with Crippen molar-refractivity contribution in [1.29, 1.82) is 0 Å². The van der Waals surface area contributed by atoms with Crippen LogP contribution in [0.4, 0.5) is 5.69 Å². The van der Waals surface area contributed by atoms with E-state index in [1.165, 1.54) is 18.9 Å². The molecule has 0 saturated carbocycles. The van der Waals surface area contributed by atoms with Crippen LogP contribution in [-0.4, -0.2) is 47.8 Å². The number of piperidine rings is 1. The fourth-order valence-electron chi connectivity index (χ4n) is 4.41. The maximum atomic E-state index is 12.9. The Morgan fingerprint density at radius 2 is 1.77 bits per heavy atom. The molecule has 35 heavy (non-hydrogen) atoms. The molecule has 0 aliphatic carbocycles. The third-order valence-electron chi connectivity index (χ3n) is 5.89. The zero-order valence-corrected chi connectivity index (χ0v) is 23.0. The number of anilines is 1. The number of hydrogen-bond acceptors (Lipinski definition) is 3. The molecule has 1 fully saturated rings. The SMILES string of the molecule is CC.CC(=O)N1CCCC[C@H]1C(=O)N[C@H](/C=C/C(=O)N1CCc2ccccc21)CC(C)C.CCC.[HH]. The van der Waals surface area contributed by atoms with E-state index in [-0.39, 0.29) is 25.2 Å². The Kier molecular flexibility index (Phi) is 14.0. The molecule has 1 N–H and O–H groups in total. The van der Waals surface area contributed by atoms with Crippen molar-refractivity contribution in [3.8, 4) is 0 Å². The number of amides is 3. The van der Waals surface area contributed by atoms with E-state index in [4.69, 9.17) is 0 Å². The minimum Gasteiger partial charge on any atom is -0.348 e. The minimum atomic E-state index is -0.416. The van der Waals surface area contributed by atoms with E-state index in [1.807, 2.05) is 38.1 Å². The van der Waals surface area contributed by atoms with Gasteiger partial charge >= 0.3 is 0 Å². The fraction of sp³-hybridized carbons (Fsp3) is 0.621. The van der Waals surface area contributed by atoms with Crippen LogP contribution in [0.1, 0.15) is 87.6 Å². The number of para-hydroxylation sites is 1. The fourth-order valence-corrected chi connectivity index (χ4v) is 4.41. The van der Waals surface area contributed by atoms with Gasteiger partial charge in [-0.3, -0.25) is 14.4 Å². The van der Waals surface area contributed by atoms with E-state index < -0.39 is 6.04 Å². The van der Waals surface area contributed by atoms with Crippen LogP contribution in [0.15, 0.2) is 36.4 Å². The van der Waals surface area contributed by atoms with Crippen LogP contribution in [0.2, 0.25) is 0 Å². The Labute approximate surface area is 214 Å². The molecule has 0 aromatic heterocycles. The molecule has 0 unspecified atom stereocenters. The molecule has 6 heteroatoms. The summed E-state index contributed by atoms with van der Waals surface area (Å²) in [7, 11) is 0. The molecule has 2 aliphatic rings. The molecular weight excluding hydrogens is 438 g/mol. The summed E-state index contributed by atoms with van der Waals surface area (Å²) in [5.74, 6) is 0.108. The quantitative estimate of drug-likeness (QED) is 0.519. The van der Waals surface area contributed by atoms with Crippen molar-refractivity contribution < 1.29 is 15.8 Å². The third-order valence-corrected chi connectivity index (χ3v) is 5.89. The van der Waals surface area contributed by atoms with E-state index in [1.54, 1.807) is 15.9 Å². The van der Waals surface area contributed by atoms with E-state index in [2.05, 4.69) is 39.1 Å². The van der Waals surface area contributed by atoms with Crippen LogP contribution < -0.4 is 10.2 Å². The Morgan fingerprint density at radius 3 is 2.40 bits per heavy atom. The normalized spacial score (nSPS) is 17.7. The van der Waals surface area contributed by atoms with Gasteiger partial charge in [0.1, 0.15) is 6.04 Å². The first-order valence-electron chi connectivity index (χ1n) is 13.4. The number of benzene rings is 1. The highest BCUT2D eigenvalue weighted by atomic mass is 16.2. The van der Waals surface area contributed by atoms with Crippen LogP contribution in [-0.2, 0) is 20.8 Å². The number of carbonyl (C=O) groups excluding carboxylic acids is 3. The van der Waals surface area contributed by atoms with E-state index in [9.17, 15) is 14.4 Å². The van der Waals surface area contributed by atoms with Crippen LogP contribution in [0.5, 0.6) is 0 Å². The summed E-state index contributed by atoms with van der Waals surface area (Å²) in [5, 5.41) is 3.08. The average Bonchev–Trinajstić information content (AvgIpc) is 3.28. The lowest BCUT2D eigenvalue weighted by atomic mass is 9.99. The van der Waals surface area contributed by atoms with Gasteiger partial charge in [0.25, 0.3) is 5.91 Å². The molecule has 2 atom stereocenters. The summed E-state index contributed by atoms with van der Waals surface area (Å²) in [5.41, 5.74) is 2.16. The number of fused-ring (bicyclic) bond motifs is 1. The standard InChI is InChI=1S/C24H33N3O3.C3H8.C2H6.H2/c1-17(2)16-20(25-24(30)22-10-6-7-14-26(22)18(3)28)11-12-23(29)27-15-13-19-8-4-5-9-21(19)27;1-3-2;1-2;/h4-5,8-9,11-12,17,20,22H,6-7,10,13-16H2,1-3H3,(H,25,30);3H2,1-2H3;1-2H3;1H/b12-11+;;;/t20-,22+;;;/m1.../s1. The van der Waals surface area contributed by atoms with Crippen molar-refractivity contribution in [2.75, 3.05) is 18.0 Å². The molecular formula is C29H49N3O3. The predicted octanol–water partition coefficient (Wildman–Crippen LogP) is 5.75. The summed E-state index contributed by atoms with van der Waals surface area (Å²) in [4.78, 5) is 41.1. The van der Waals surface area contributed by atoms with Gasteiger partial charge in [-0.25, -0.2) is 0 Å². The average molecular weight is 488 g/mol. The van der Waals surface area contributed by atoms with Gasteiger partial charge in [0.2, 0.25) is 11.8 Å². The molecule has 1 aromatic rings. The lowest BCUT2D eigenvalue weighted by Gasteiger charge is -2.34. The number of nitrogens with zero attached hydrogens (tertiary/aromatic N) is 2. The highest BCUT2D eigenvalue weighted by Crippen LogP contribution is 2.27. The Bertz CT molecular complexity index is 841. The molecule has 198 valence electrons. The molecule has 1 saturated heterocycles. The van der Waals surface area contributed by atoms with Crippen molar-refractivity contribution in [1.82, 2.24) is 10.2 Å². The van der Waals surface area contributed by atoms with E-state index in [0.29, 0.717) is 25.4 Å². The van der Waals surface area contributed by atoms with Crippen molar-refractivity contribution in [2.24, 2.45) is 5.92 Å². The maximum Gasteiger partial charge on any atom is 0.250 e. The highest BCUT2D eigenvalue weighted by molar-refractivity contribution is 6.03. The largest absolute Gasteiger partial charge is 0.348 e. The highest BCUT2D eigenvalue weighted by Gasteiger charge is 2.31. The van der Waals surface area contributed by atoms with E-state index >= 15 is 0 Å². The van der Waals surface area contributed by atoms with Gasteiger partial charge in [-0.05, 0) is 49.7 Å². The second-order valence-corrected chi connectivity index (χ2v) is 9.40. The number of rotatable bonds is 6. The Balaban J connectivity index is 0.00000190. The van der Waals surface area contributed by atoms with Gasteiger partial charge in [-0.1, -0.05) is 72.2 Å². The van der Waals surface area contributed by atoms with Gasteiger partial charge in [0.15, 0.2) is 0 Å². The predicted molar refractivity (Wildman–Crippen MR) is 147 cm³/mol. The van der Waals surface area contributed by atoms with Crippen LogP contribution in [0.25, 0.3) is 0 Å². The number of nitrogens with one attached hydrogen (secondary N) is 1. The van der Waals surface area contributed by atoms with Crippen molar-refractivity contribution in [3.63, 3.8) is 0 Å². The molecule has 6 nitrogen and oxygen atoms in total. The monoisotopic (exact) mass is 487 g/mol. The van der Waals surface area contributed by atoms with Crippen LogP contribution in [0.3, 0.4) is 0 Å². The summed E-state index contributed by atoms with van der Waals surface area (Å²) in [6.45, 7) is 15.3. The minimum absolute atomic E-state index is 0. The molecule has 3 rings (SSSR count). The zero-order chi connectivity index (χ0) is 26.4. The Hall–Kier alpha value is -2.63. The molecule has 3 amide bonds. The lowest BCUT2D eigenvalue weighted by molar-refractivity contribution is -0.140. The van der Waals surface area contributed by atoms with Crippen molar-refractivity contribution in [2.45, 2.75) is 99.1 Å². The zero-order valence-electron chi connectivity index (χ0n) is 23.0. The second-order valence-electron chi connectivity index (χ2n) is 9.40. The molecule has 0 spiro atoms. The second kappa shape index (κ2) is 16.1. The van der Waals surface area contributed by atoms with E-state index in [0.717, 1.165) is 31.4 Å². The molecule has 0 radical (unpaired) electrons. The Morgan fingerprint density at radius 1 is 1.11 bits per heavy atom. The lowest BCUT2D eigenvalue weighted by Crippen LogP contribution is -2.53. The van der Waals surface area contributed by atoms with Crippen molar-refractivity contribution >= 4 is 23.4 Å². The first-order chi connectivity index (χ1) is 16.8. The summed E-state index contributed by atoms with van der Waals surface area (Å²) in [6.07, 6.45) is 8.81. The van der Waals surface area contributed by atoms with Gasteiger partial charge in [0.05, 0.1) is 0 Å².